The summed E-state index contributed by atoms with van der Waals surface area (Å²) in [6.07, 6.45) is 6.84. The summed E-state index contributed by atoms with van der Waals surface area (Å²) in [5.41, 5.74) is 3.40. The molecular weight excluding hydrogens is 358 g/mol. The number of aromatic hydroxyl groups is 1. The van der Waals surface area contributed by atoms with Gasteiger partial charge in [0.2, 0.25) is 0 Å². The Balaban J connectivity index is 1.47. The lowest BCUT2D eigenvalue weighted by atomic mass is 9.52. The van der Waals surface area contributed by atoms with Crippen molar-refractivity contribution in [3.63, 3.8) is 0 Å². The Morgan fingerprint density at radius 3 is 2.66 bits per heavy atom. The Morgan fingerprint density at radius 2 is 1.90 bits per heavy atom. The Morgan fingerprint density at radius 1 is 1.10 bits per heavy atom. The summed E-state index contributed by atoms with van der Waals surface area (Å²) in [5.74, 6) is 1.64. The molecule has 0 bridgehead atoms. The first-order valence-electron chi connectivity index (χ1n) is 11.0. The van der Waals surface area contributed by atoms with E-state index in [2.05, 4.69) is 37.3 Å². The number of phenolic OH excluding ortho intramolecular Hbond substituents is 1. The Hall–Kier alpha value is -2.31. The maximum absolute atomic E-state index is 11.8. The van der Waals surface area contributed by atoms with Crippen LogP contribution in [0.5, 0.6) is 5.75 Å². The quantitative estimate of drug-likeness (QED) is 0.754. The van der Waals surface area contributed by atoms with Crippen LogP contribution >= 0.6 is 0 Å². The van der Waals surface area contributed by atoms with Crippen molar-refractivity contribution in [3.05, 3.63) is 64.7 Å². The van der Waals surface area contributed by atoms with Crippen LogP contribution in [0.4, 0.5) is 0 Å². The van der Waals surface area contributed by atoms with Gasteiger partial charge < -0.3 is 10.2 Å². The fraction of sp³-hybridized carbons (Fsp3) is 0.500. The van der Waals surface area contributed by atoms with E-state index in [1.54, 1.807) is 0 Å². The average molecular weight is 388 g/mol. The van der Waals surface area contributed by atoms with Crippen LogP contribution in [0.25, 0.3) is 0 Å². The molecule has 2 N–H and O–H groups in total. The van der Waals surface area contributed by atoms with Gasteiger partial charge in [-0.2, -0.15) is 5.26 Å². The number of hydrogen-bond donors (Lipinski definition) is 2. The second-order valence-electron chi connectivity index (χ2n) is 9.78. The Labute approximate surface area is 173 Å². The van der Waals surface area contributed by atoms with Crippen LogP contribution in [0.3, 0.4) is 0 Å². The highest BCUT2D eigenvalue weighted by Gasteiger charge is 2.61. The summed E-state index contributed by atoms with van der Waals surface area (Å²) in [5, 5.41) is 31.3. The number of nitrogens with zero attached hydrogens (tertiary/aromatic N) is 1. The van der Waals surface area contributed by atoms with Gasteiger partial charge in [-0.15, -0.1) is 0 Å². The van der Waals surface area contributed by atoms with Gasteiger partial charge in [0.1, 0.15) is 11.8 Å². The minimum absolute atomic E-state index is 0.0590. The molecule has 2 fully saturated rings. The van der Waals surface area contributed by atoms with Gasteiger partial charge in [-0.05, 0) is 90.5 Å². The zero-order valence-electron chi connectivity index (χ0n) is 17.1. The number of phenols is 1. The molecular formula is C26H29NO2. The number of hydrogen-bond acceptors (Lipinski definition) is 3. The van der Waals surface area contributed by atoms with Crippen LogP contribution in [-0.2, 0) is 12.8 Å². The van der Waals surface area contributed by atoms with Crippen LogP contribution < -0.4 is 0 Å². The molecule has 3 nitrogen and oxygen atoms in total. The largest absolute Gasteiger partial charge is 0.507 e. The maximum Gasteiger partial charge on any atom is 0.133 e. The smallest absolute Gasteiger partial charge is 0.133 e. The third-order valence-electron chi connectivity index (χ3n) is 8.62. The first kappa shape index (κ1) is 18.7. The second-order valence-corrected chi connectivity index (χ2v) is 9.78. The van der Waals surface area contributed by atoms with E-state index < -0.39 is 5.60 Å². The van der Waals surface area contributed by atoms with Crippen LogP contribution in [0.1, 0.15) is 67.2 Å². The molecule has 0 aromatic heterocycles. The number of aliphatic hydroxyl groups is 1. The van der Waals surface area contributed by atoms with E-state index in [0.29, 0.717) is 23.3 Å². The van der Waals surface area contributed by atoms with Crippen molar-refractivity contribution < 1.29 is 10.2 Å². The van der Waals surface area contributed by atoms with E-state index in [-0.39, 0.29) is 11.2 Å². The molecule has 5 atom stereocenters. The molecule has 3 aliphatic rings. The zero-order valence-corrected chi connectivity index (χ0v) is 17.1. The Bertz CT molecular complexity index is 978. The van der Waals surface area contributed by atoms with Crippen LogP contribution in [0.15, 0.2) is 42.5 Å². The summed E-state index contributed by atoms with van der Waals surface area (Å²) in [6.45, 7) is 2.33. The van der Waals surface area contributed by atoms with Crippen molar-refractivity contribution in [2.75, 3.05) is 0 Å². The molecule has 0 spiro atoms. The third-order valence-corrected chi connectivity index (χ3v) is 8.62. The molecule has 1 unspecified atom stereocenters. The third kappa shape index (κ3) is 2.73. The first-order chi connectivity index (χ1) is 13.9. The van der Waals surface area contributed by atoms with E-state index in [9.17, 15) is 15.5 Å². The van der Waals surface area contributed by atoms with E-state index in [1.807, 2.05) is 18.2 Å². The molecule has 0 saturated heterocycles. The standard InChI is InChI=1S/C26H29NO2/c1-25-11-9-20-21(8-7-18-14-24(28)19(16-27)13-22(18)20)23(25)10-12-26(25,29)15-17-5-3-2-4-6-17/h2-6,13-14,20-21,23,28-29H,7-12,15H2,1H3/t20?,21-,23-,25-,26+/m0/s1. The molecule has 29 heavy (non-hydrogen) atoms. The molecule has 2 aromatic rings. The highest BCUT2D eigenvalue weighted by atomic mass is 16.3. The van der Waals surface area contributed by atoms with Gasteiger partial charge in [0, 0.05) is 6.42 Å². The van der Waals surface area contributed by atoms with Crippen molar-refractivity contribution in [1.82, 2.24) is 0 Å². The van der Waals surface area contributed by atoms with Crippen molar-refractivity contribution in [2.24, 2.45) is 17.3 Å². The highest BCUT2D eigenvalue weighted by molar-refractivity contribution is 5.50. The van der Waals surface area contributed by atoms with Gasteiger partial charge in [-0.3, -0.25) is 0 Å². The van der Waals surface area contributed by atoms with Gasteiger partial charge in [0.25, 0.3) is 0 Å². The summed E-state index contributed by atoms with van der Waals surface area (Å²) >= 11 is 0. The van der Waals surface area contributed by atoms with E-state index in [0.717, 1.165) is 44.9 Å². The predicted octanol–water partition coefficient (Wildman–Crippen LogP) is 5.09. The number of benzene rings is 2. The molecule has 0 heterocycles. The van der Waals surface area contributed by atoms with Crippen molar-refractivity contribution in [2.45, 2.75) is 63.4 Å². The molecule has 0 radical (unpaired) electrons. The van der Waals surface area contributed by atoms with Gasteiger partial charge in [0.15, 0.2) is 0 Å². The molecule has 150 valence electrons. The lowest BCUT2D eigenvalue weighted by molar-refractivity contribution is -0.102. The summed E-state index contributed by atoms with van der Waals surface area (Å²) in [7, 11) is 0. The molecule has 2 aromatic carbocycles. The monoisotopic (exact) mass is 387 g/mol. The van der Waals surface area contributed by atoms with E-state index in [1.165, 1.54) is 16.7 Å². The van der Waals surface area contributed by atoms with Crippen LogP contribution in [0.2, 0.25) is 0 Å². The highest BCUT2D eigenvalue weighted by Crippen LogP contribution is 2.65. The zero-order chi connectivity index (χ0) is 20.2. The molecule has 2 saturated carbocycles. The lowest BCUT2D eigenvalue weighted by Crippen LogP contribution is -2.51. The molecule has 3 aliphatic carbocycles. The van der Waals surface area contributed by atoms with Crippen LogP contribution in [0, 0.1) is 28.6 Å². The number of nitriles is 1. The second kappa shape index (κ2) is 6.61. The summed E-state index contributed by atoms with van der Waals surface area (Å²) in [6, 6.07) is 16.3. The molecule has 3 heteroatoms. The SMILES string of the molecule is C[C@]12CCC3c4cc(C#N)c(O)cc4CC[C@@H]3[C@@H]1CC[C@@]2(O)Cc1ccccc1. The van der Waals surface area contributed by atoms with Gasteiger partial charge in [0.05, 0.1) is 11.2 Å². The number of aryl methyl sites for hydroxylation is 1. The number of fused-ring (bicyclic) bond motifs is 5. The average Bonchev–Trinajstić information content (AvgIpc) is 2.98. The van der Waals surface area contributed by atoms with E-state index in [4.69, 9.17) is 0 Å². The van der Waals surface area contributed by atoms with Gasteiger partial charge in [-0.1, -0.05) is 37.3 Å². The Kier molecular flexibility index (Phi) is 4.26. The molecule has 0 amide bonds. The minimum Gasteiger partial charge on any atom is -0.507 e. The summed E-state index contributed by atoms with van der Waals surface area (Å²) < 4.78 is 0. The maximum atomic E-state index is 11.8. The minimum atomic E-state index is -0.642. The number of rotatable bonds is 2. The van der Waals surface area contributed by atoms with Gasteiger partial charge >= 0.3 is 0 Å². The topological polar surface area (TPSA) is 64.2 Å². The molecule has 5 rings (SSSR count). The van der Waals surface area contributed by atoms with E-state index >= 15 is 0 Å². The predicted molar refractivity (Wildman–Crippen MR) is 113 cm³/mol. The summed E-state index contributed by atoms with van der Waals surface area (Å²) in [4.78, 5) is 0. The molecule has 0 aliphatic heterocycles. The van der Waals surface area contributed by atoms with Crippen molar-refractivity contribution in [3.8, 4) is 11.8 Å². The normalized spacial score (nSPS) is 35.3. The van der Waals surface area contributed by atoms with Crippen molar-refractivity contribution in [1.29, 1.82) is 5.26 Å². The lowest BCUT2D eigenvalue weighted by Gasteiger charge is -2.53. The van der Waals surface area contributed by atoms with Crippen molar-refractivity contribution >= 4 is 0 Å². The van der Waals surface area contributed by atoms with Crippen LogP contribution in [-0.4, -0.2) is 15.8 Å². The first-order valence-corrected chi connectivity index (χ1v) is 11.0. The fourth-order valence-corrected chi connectivity index (χ4v) is 7.03. The van der Waals surface area contributed by atoms with Gasteiger partial charge in [-0.25, -0.2) is 0 Å². The fourth-order valence-electron chi connectivity index (χ4n) is 7.03.